The van der Waals surface area contributed by atoms with Crippen LogP contribution in [0.1, 0.15) is 24.3 Å². The normalized spacial score (nSPS) is 23.3. The van der Waals surface area contributed by atoms with Gasteiger partial charge in [0.05, 0.1) is 0 Å². The van der Waals surface area contributed by atoms with Crippen LogP contribution in [0, 0.1) is 0 Å². The third-order valence-electron chi connectivity index (χ3n) is 2.83. The van der Waals surface area contributed by atoms with Crippen LogP contribution in [-0.2, 0) is 0 Å². The van der Waals surface area contributed by atoms with Crippen LogP contribution in [0.25, 0.3) is 0 Å². The first-order valence-corrected chi connectivity index (χ1v) is 5.77. The van der Waals surface area contributed by atoms with Crippen LogP contribution in [0.2, 0.25) is 0 Å². The molecule has 2 unspecified atom stereocenters. The summed E-state index contributed by atoms with van der Waals surface area (Å²) in [5.74, 6) is -0.264. The highest BCUT2D eigenvalue weighted by Gasteiger charge is 2.27. The van der Waals surface area contributed by atoms with Crippen LogP contribution < -0.4 is 5.32 Å². The molecule has 1 aliphatic rings. The number of nitrogens with one attached hydrogen (secondary N) is 1. The van der Waals surface area contributed by atoms with E-state index in [0.717, 1.165) is 0 Å². The second kappa shape index (κ2) is 6.02. The molecule has 0 bridgehead atoms. The first-order valence-electron chi connectivity index (χ1n) is 5.77. The van der Waals surface area contributed by atoms with Crippen molar-refractivity contribution in [3.05, 3.63) is 24.0 Å². The Bertz CT molecular complexity index is 418. The largest absolute Gasteiger partial charge is 0.505 e. The van der Waals surface area contributed by atoms with Crippen molar-refractivity contribution in [3.8, 4) is 5.75 Å². The predicted octanol–water partition coefficient (Wildman–Crippen LogP) is 1.03. The number of hydrogen-bond acceptors (Lipinski definition) is 4. The molecule has 0 spiro atoms. The van der Waals surface area contributed by atoms with Crippen molar-refractivity contribution in [3.63, 3.8) is 0 Å². The van der Waals surface area contributed by atoms with Gasteiger partial charge in [-0.1, -0.05) is 0 Å². The number of pyridine rings is 1. The zero-order chi connectivity index (χ0) is 12.4. The lowest BCUT2D eigenvalue weighted by molar-refractivity contribution is 0.0664. The van der Waals surface area contributed by atoms with Crippen LogP contribution in [0.3, 0.4) is 0 Å². The number of hydrogen-bond donors (Lipinski definition) is 2. The fraction of sp³-hybridized carbons (Fsp3) is 0.500. The summed E-state index contributed by atoms with van der Waals surface area (Å²) < 4.78 is 0. The first-order chi connectivity index (χ1) is 8.08. The standard InChI is InChI=1S/C12H17N3O2.ClH/c1-8-6-15(7-9(2)14-8)12(17)11-10(16)4-3-5-13-11;/h3-5,8-9,14,16H,6-7H2,1-2H3;1H. The average Bonchev–Trinajstić information content (AvgIpc) is 2.27. The van der Waals surface area contributed by atoms with E-state index >= 15 is 0 Å². The summed E-state index contributed by atoms with van der Waals surface area (Å²) in [5, 5.41) is 13.0. The first kappa shape index (κ1) is 14.7. The van der Waals surface area contributed by atoms with Gasteiger partial charge in [-0.15, -0.1) is 12.4 Å². The molecular formula is C12H18ClN3O2. The van der Waals surface area contributed by atoms with Crippen molar-refractivity contribution in [2.75, 3.05) is 13.1 Å². The summed E-state index contributed by atoms with van der Waals surface area (Å²) >= 11 is 0. The lowest BCUT2D eigenvalue weighted by Gasteiger charge is -2.36. The second-order valence-corrected chi connectivity index (χ2v) is 4.55. The van der Waals surface area contributed by atoms with Gasteiger partial charge in [0.25, 0.3) is 5.91 Å². The molecule has 5 nitrogen and oxygen atoms in total. The summed E-state index contributed by atoms with van der Waals surface area (Å²) in [5.41, 5.74) is 0.133. The minimum absolute atomic E-state index is 0. The third-order valence-corrected chi connectivity index (χ3v) is 2.83. The Morgan fingerprint density at radius 3 is 2.61 bits per heavy atom. The van der Waals surface area contributed by atoms with Gasteiger partial charge in [-0.25, -0.2) is 4.98 Å². The monoisotopic (exact) mass is 271 g/mol. The highest BCUT2D eigenvalue weighted by Crippen LogP contribution is 2.16. The SMILES string of the molecule is CC1CN(C(=O)c2ncccc2O)CC(C)N1.Cl. The summed E-state index contributed by atoms with van der Waals surface area (Å²) in [6.45, 7) is 5.35. The molecule has 1 saturated heterocycles. The van der Waals surface area contributed by atoms with Gasteiger partial charge >= 0.3 is 0 Å². The molecule has 2 N–H and O–H groups in total. The Balaban J connectivity index is 0.00000162. The van der Waals surface area contributed by atoms with Crippen molar-refractivity contribution < 1.29 is 9.90 Å². The molecule has 0 aliphatic carbocycles. The van der Waals surface area contributed by atoms with Crippen LogP contribution >= 0.6 is 12.4 Å². The Hall–Kier alpha value is -1.33. The third kappa shape index (κ3) is 3.11. The molecule has 0 aromatic carbocycles. The van der Waals surface area contributed by atoms with Gasteiger partial charge in [-0.2, -0.15) is 0 Å². The molecule has 1 aliphatic heterocycles. The molecule has 1 amide bonds. The number of nitrogens with zero attached hydrogens (tertiary/aromatic N) is 2. The van der Waals surface area contributed by atoms with Gasteiger partial charge in [0.15, 0.2) is 5.69 Å². The molecule has 1 aromatic heterocycles. The van der Waals surface area contributed by atoms with Crippen molar-refractivity contribution in [1.29, 1.82) is 0 Å². The zero-order valence-electron chi connectivity index (χ0n) is 10.5. The summed E-state index contributed by atoms with van der Waals surface area (Å²) in [6, 6.07) is 3.60. The summed E-state index contributed by atoms with van der Waals surface area (Å²) in [4.78, 5) is 17.9. The van der Waals surface area contributed by atoms with E-state index in [2.05, 4.69) is 10.3 Å². The second-order valence-electron chi connectivity index (χ2n) is 4.55. The van der Waals surface area contributed by atoms with Gasteiger partial charge in [0.1, 0.15) is 5.75 Å². The Morgan fingerprint density at radius 1 is 1.44 bits per heavy atom. The summed E-state index contributed by atoms with van der Waals surface area (Å²) in [7, 11) is 0. The van der Waals surface area contributed by atoms with Gasteiger partial charge in [0, 0.05) is 31.4 Å². The Morgan fingerprint density at radius 2 is 2.06 bits per heavy atom. The van der Waals surface area contributed by atoms with E-state index in [-0.39, 0.29) is 41.8 Å². The molecule has 2 heterocycles. The average molecular weight is 272 g/mol. The van der Waals surface area contributed by atoms with Crippen LogP contribution in [0.15, 0.2) is 18.3 Å². The van der Waals surface area contributed by atoms with Crippen molar-refractivity contribution >= 4 is 18.3 Å². The quantitative estimate of drug-likeness (QED) is 0.801. The zero-order valence-corrected chi connectivity index (χ0v) is 11.3. The number of piperazine rings is 1. The fourth-order valence-corrected chi connectivity index (χ4v) is 2.20. The molecular weight excluding hydrogens is 254 g/mol. The minimum atomic E-state index is -0.205. The highest BCUT2D eigenvalue weighted by molar-refractivity contribution is 5.94. The van der Waals surface area contributed by atoms with Crippen molar-refractivity contribution in [1.82, 2.24) is 15.2 Å². The molecule has 0 radical (unpaired) electrons. The van der Waals surface area contributed by atoms with Gasteiger partial charge in [-0.05, 0) is 26.0 Å². The smallest absolute Gasteiger partial charge is 0.276 e. The van der Waals surface area contributed by atoms with Crippen LogP contribution in [0.5, 0.6) is 5.75 Å². The van der Waals surface area contributed by atoms with Crippen LogP contribution in [0.4, 0.5) is 0 Å². The van der Waals surface area contributed by atoms with E-state index in [1.165, 1.54) is 12.3 Å². The number of halogens is 1. The highest BCUT2D eigenvalue weighted by atomic mass is 35.5. The van der Waals surface area contributed by atoms with Gasteiger partial charge < -0.3 is 15.3 Å². The maximum atomic E-state index is 12.2. The number of carbonyl (C=O) groups is 1. The topological polar surface area (TPSA) is 65.5 Å². The maximum Gasteiger partial charge on any atom is 0.276 e. The number of aromatic nitrogens is 1. The van der Waals surface area contributed by atoms with Crippen molar-refractivity contribution in [2.45, 2.75) is 25.9 Å². The molecule has 1 fully saturated rings. The molecule has 2 atom stereocenters. The van der Waals surface area contributed by atoms with E-state index in [0.29, 0.717) is 13.1 Å². The molecule has 18 heavy (non-hydrogen) atoms. The lowest BCUT2D eigenvalue weighted by Crippen LogP contribution is -2.55. The number of rotatable bonds is 1. The lowest BCUT2D eigenvalue weighted by atomic mass is 10.1. The maximum absolute atomic E-state index is 12.2. The van der Waals surface area contributed by atoms with E-state index < -0.39 is 0 Å². The van der Waals surface area contributed by atoms with E-state index in [1.54, 1.807) is 11.0 Å². The Kier molecular flexibility index (Phi) is 4.93. The van der Waals surface area contributed by atoms with E-state index in [9.17, 15) is 9.90 Å². The molecule has 2 rings (SSSR count). The number of amides is 1. The van der Waals surface area contributed by atoms with Gasteiger partial charge in [0.2, 0.25) is 0 Å². The van der Waals surface area contributed by atoms with Gasteiger partial charge in [-0.3, -0.25) is 4.79 Å². The van der Waals surface area contributed by atoms with E-state index in [4.69, 9.17) is 0 Å². The molecule has 0 saturated carbocycles. The number of aromatic hydroxyl groups is 1. The van der Waals surface area contributed by atoms with Crippen molar-refractivity contribution in [2.24, 2.45) is 0 Å². The molecule has 6 heteroatoms. The van der Waals surface area contributed by atoms with E-state index in [1.807, 2.05) is 13.8 Å². The number of carbonyl (C=O) groups excluding carboxylic acids is 1. The minimum Gasteiger partial charge on any atom is -0.505 e. The summed E-state index contributed by atoms with van der Waals surface area (Å²) in [6.07, 6.45) is 1.52. The molecule has 100 valence electrons. The fourth-order valence-electron chi connectivity index (χ4n) is 2.20. The Labute approximate surface area is 113 Å². The molecule has 1 aromatic rings. The van der Waals surface area contributed by atoms with Crippen LogP contribution in [-0.4, -0.2) is 46.1 Å². The predicted molar refractivity (Wildman–Crippen MR) is 71.1 cm³/mol.